The number of nitrogens with one attached hydrogen (secondary N) is 1. The summed E-state index contributed by atoms with van der Waals surface area (Å²) in [6, 6.07) is 7.06. The number of piperazine rings is 1. The SMILES string of the molecule is CC1CN(C(=O)Cc2ccc3c(c2)CCCC3)CCN1. The molecule has 20 heavy (non-hydrogen) atoms. The second-order valence-corrected chi connectivity index (χ2v) is 6.18. The molecule has 1 saturated heterocycles. The van der Waals surface area contributed by atoms with Gasteiger partial charge in [0.05, 0.1) is 6.42 Å². The number of fused-ring (bicyclic) bond motifs is 1. The molecule has 1 aromatic carbocycles. The topological polar surface area (TPSA) is 32.3 Å². The quantitative estimate of drug-likeness (QED) is 0.892. The molecule has 1 aliphatic carbocycles. The molecule has 0 saturated carbocycles. The lowest BCUT2D eigenvalue weighted by Gasteiger charge is -2.32. The molecule has 3 heteroatoms. The number of aryl methyl sites for hydroxylation is 2. The van der Waals surface area contributed by atoms with Gasteiger partial charge in [0, 0.05) is 25.7 Å². The molecule has 2 aliphatic rings. The molecule has 1 aromatic rings. The average molecular weight is 272 g/mol. The monoisotopic (exact) mass is 272 g/mol. The summed E-state index contributed by atoms with van der Waals surface area (Å²) in [5.41, 5.74) is 4.14. The van der Waals surface area contributed by atoms with Crippen LogP contribution in [0.1, 0.15) is 36.5 Å². The van der Waals surface area contributed by atoms with Gasteiger partial charge >= 0.3 is 0 Å². The molecular formula is C17H24N2O. The van der Waals surface area contributed by atoms with Crippen LogP contribution in [0.3, 0.4) is 0 Å². The number of amides is 1. The minimum absolute atomic E-state index is 0.272. The van der Waals surface area contributed by atoms with Crippen LogP contribution in [0.15, 0.2) is 18.2 Å². The summed E-state index contributed by atoms with van der Waals surface area (Å²) in [6.07, 6.45) is 5.55. The highest BCUT2D eigenvalue weighted by Gasteiger charge is 2.20. The zero-order valence-electron chi connectivity index (χ0n) is 12.3. The molecule has 108 valence electrons. The van der Waals surface area contributed by atoms with Gasteiger partial charge in [-0.15, -0.1) is 0 Å². The third kappa shape index (κ3) is 3.04. The lowest BCUT2D eigenvalue weighted by molar-refractivity contribution is -0.131. The van der Waals surface area contributed by atoms with Crippen molar-refractivity contribution in [2.75, 3.05) is 19.6 Å². The molecule has 1 fully saturated rings. The number of hydrogen-bond donors (Lipinski definition) is 1. The van der Waals surface area contributed by atoms with Crippen LogP contribution < -0.4 is 5.32 Å². The lowest BCUT2D eigenvalue weighted by atomic mass is 9.90. The van der Waals surface area contributed by atoms with Gasteiger partial charge in [0.2, 0.25) is 5.91 Å². The Balaban J connectivity index is 1.66. The van der Waals surface area contributed by atoms with Crippen LogP contribution in [-0.2, 0) is 24.1 Å². The molecule has 1 N–H and O–H groups in total. The Morgan fingerprint density at radius 2 is 2.10 bits per heavy atom. The van der Waals surface area contributed by atoms with Crippen LogP contribution in [0.25, 0.3) is 0 Å². The zero-order valence-corrected chi connectivity index (χ0v) is 12.3. The first kappa shape index (κ1) is 13.6. The van der Waals surface area contributed by atoms with Crippen LogP contribution in [-0.4, -0.2) is 36.5 Å². The predicted molar refractivity (Wildman–Crippen MR) is 80.8 cm³/mol. The van der Waals surface area contributed by atoms with E-state index < -0.39 is 0 Å². The molecular weight excluding hydrogens is 248 g/mol. The van der Waals surface area contributed by atoms with Crippen LogP contribution in [0.2, 0.25) is 0 Å². The predicted octanol–water partition coefficient (Wildman–Crippen LogP) is 1.93. The summed E-state index contributed by atoms with van der Waals surface area (Å²) >= 11 is 0. The van der Waals surface area contributed by atoms with Crippen molar-refractivity contribution in [2.45, 2.75) is 45.1 Å². The number of hydrogen-bond acceptors (Lipinski definition) is 2. The maximum atomic E-state index is 12.4. The van der Waals surface area contributed by atoms with Gasteiger partial charge in [0.25, 0.3) is 0 Å². The molecule has 0 aromatic heterocycles. The number of carbonyl (C=O) groups is 1. The van der Waals surface area contributed by atoms with E-state index in [2.05, 4.69) is 30.4 Å². The van der Waals surface area contributed by atoms with Crippen molar-refractivity contribution in [1.82, 2.24) is 10.2 Å². The number of nitrogens with zero attached hydrogens (tertiary/aromatic N) is 1. The molecule has 3 nitrogen and oxygen atoms in total. The molecule has 3 rings (SSSR count). The van der Waals surface area contributed by atoms with Crippen molar-refractivity contribution in [3.63, 3.8) is 0 Å². The Morgan fingerprint density at radius 1 is 1.30 bits per heavy atom. The normalized spacial score (nSPS) is 22.4. The van der Waals surface area contributed by atoms with Gasteiger partial charge in [-0.05, 0) is 49.3 Å². The van der Waals surface area contributed by atoms with Crippen LogP contribution in [0.5, 0.6) is 0 Å². The molecule has 1 amide bonds. The van der Waals surface area contributed by atoms with Gasteiger partial charge in [-0.1, -0.05) is 18.2 Å². The number of rotatable bonds is 2. The highest BCUT2D eigenvalue weighted by atomic mass is 16.2. The van der Waals surface area contributed by atoms with Gasteiger partial charge in [-0.25, -0.2) is 0 Å². The summed E-state index contributed by atoms with van der Waals surface area (Å²) in [5, 5.41) is 3.38. The Bertz CT molecular complexity index is 498. The second kappa shape index (κ2) is 5.96. The zero-order chi connectivity index (χ0) is 13.9. The summed E-state index contributed by atoms with van der Waals surface area (Å²) < 4.78 is 0. The van der Waals surface area contributed by atoms with Crippen molar-refractivity contribution in [2.24, 2.45) is 0 Å². The molecule has 1 aliphatic heterocycles. The van der Waals surface area contributed by atoms with Crippen LogP contribution in [0.4, 0.5) is 0 Å². The van der Waals surface area contributed by atoms with Crippen molar-refractivity contribution in [3.05, 3.63) is 34.9 Å². The minimum Gasteiger partial charge on any atom is -0.340 e. The largest absolute Gasteiger partial charge is 0.340 e. The van der Waals surface area contributed by atoms with Crippen molar-refractivity contribution in [1.29, 1.82) is 0 Å². The molecule has 1 unspecified atom stereocenters. The van der Waals surface area contributed by atoms with E-state index in [1.54, 1.807) is 0 Å². The Hall–Kier alpha value is -1.35. The van der Waals surface area contributed by atoms with Gasteiger partial charge in [-0.3, -0.25) is 4.79 Å². The highest BCUT2D eigenvalue weighted by Crippen LogP contribution is 2.22. The number of carbonyl (C=O) groups excluding carboxylic acids is 1. The maximum Gasteiger partial charge on any atom is 0.227 e. The minimum atomic E-state index is 0.272. The fraction of sp³-hybridized carbons (Fsp3) is 0.588. The highest BCUT2D eigenvalue weighted by molar-refractivity contribution is 5.79. The van der Waals surface area contributed by atoms with E-state index in [0.717, 1.165) is 19.6 Å². The first-order chi connectivity index (χ1) is 9.72. The molecule has 1 heterocycles. The van der Waals surface area contributed by atoms with Crippen LogP contribution in [0, 0.1) is 0 Å². The van der Waals surface area contributed by atoms with E-state index in [9.17, 15) is 4.79 Å². The van der Waals surface area contributed by atoms with Crippen molar-refractivity contribution >= 4 is 5.91 Å². The summed E-state index contributed by atoms with van der Waals surface area (Å²) in [5.74, 6) is 0.272. The molecule has 0 bridgehead atoms. The van der Waals surface area contributed by atoms with Crippen molar-refractivity contribution in [3.8, 4) is 0 Å². The Labute approximate surface area is 121 Å². The van der Waals surface area contributed by atoms with E-state index in [-0.39, 0.29) is 5.91 Å². The first-order valence-electron chi connectivity index (χ1n) is 7.84. The van der Waals surface area contributed by atoms with E-state index in [4.69, 9.17) is 0 Å². The first-order valence-corrected chi connectivity index (χ1v) is 7.84. The fourth-order valence-electron chi connectivity index (χ4n) is 3.34. The van der Waals surface area contributed by atoms with Gasteiger partial charge in [0.15, 0.2) is 0 Å². The van der Waals surface area contributed by atoms with Crippen LogP contribution >= 0.6 is 0 Å². The second-order valence-electron chi connectivity index (χ2n) is 6.18. The smallest absolute Gasteiger partial charge is 0.227 e. The van der Waals surface area contributed by atoms with Crippen molar-refractivity contribution < 1.29 is 4.79 Å². The molecule has 0 radical (unpaired) electrons. The molecule has 1 atom stereocenters. The third-order valence-corrected chi connectivity index (χ3v) is 4.49. The third-order valence-electron chi connectivity index (χ3n) is 4.49. The summed E-state index contributed by atoms with van der Waals surface area (Å²) in [7, 11) is 0. The van der Waals surface area contributed by atoms with Gasteiger partial charge in [-0.2, -0.15) is 0 Å². The summed E-state index contributed by atoms with van der Waals surface area (Å²) in [6.45, 7) is 4.73. The van der Waals surface area contributed by atoms with E-state index in [1.165, 1.54) is 42.4 Å². The maximum absolute atomic E-state index is 12.4. The van der Waals surface area contributed by atoms with E-state index >= 15 is 0 Å². The van der Waals surface area contributed by atoms with E-state index in [1.807, 2.05) is 4.90 Å². The van der Waals surface area contributed by atoms with E-state index in [0.29, 0.717) is 12.5 Å². The summed E-state index contributed by atoms with van der Waals surface area (Å²) in [4.78, 5) is 14.4. The standard InChI is InChI=1S/C17H24N2O/c1-13-12-19(9-8-18-13)17(20)11-14-6-7-15-4-2-3-5-16(15)10-14/h6-7,10,13,18H,2-5,8-9,11-12H2,1H3. The lowest BCUT2D eigenvalue weighted by Crippen LogP contribution is -2.51. The van der Waals surface area contributed by atoms with Gasteiger partial charge < -0.3 is 10.2 Å². The fourth-order valence-corrected chi connectivity index (χ4v) is 3.34. The number of benzene rings is 1. The Morgan fingerprint density at radius 3 is 2.90 bits per heavy atom. The average Bonchev–Trinajstić information content (AvgIpc) is 2.47. The molecule has 0 spiro atoms. The Kier molecular flexibility index (Phi) is 4.06. The van der Waals surface area contributed by atoms with Gasteiger partial charge in [0.1, 0.15) is 0 Å².